The summed E-state index contributed by atoms with van der Waals surface area (Å²) in [6.07, 6.45) is 6.80. The van der Waals surface area contributed by atoms with E-state index in [1.165, 1.54) is 12.8 Å². The van der Waals surface area contributed by atoms with Gasteiger partial charge in [0.15, 0.2) is 11.5 Å². The Morgan fingerprint density at radius 2 is 2.26 bits per heavy atom. The van der Waals surface area contributed by atoms with Gasteiger partial charge in [-0.3, -0.25) is 9.48 Å². The highest BCUT2D eigenvalue weighted by Crippen LogP contribution is 2.38. The molecule has 0 N–H and O–H groups in total. The highest BCUT2D eigenvalue weighted by molar-refractivity contribution is 5.92. The van der Waals surface area contributed by atoms with Gasteiger partial charge in [0.25, 0.3) is 5.91 Å². The van der Waals surface area contributed by atoms with Crippen molar-refractivity contribution in [2.75, 3.05) is 13.1 Å². The molecule has 2 aromatic rings. The third-order valence-electron chi connectivity index (χ3n) is 4.52. The van der Waals surface area contributed by atoms with Crippen LogP contribution in [0, 0.1) is 5.92 Å². The second-order valence-corrected chi connectivity index (χ2v) is 6.56. The van der Waals surface area contributed by atoms with Crippen LogP contribution in [0.5, 0.6) is 0 Å². The second kappa shape index (κ2) is 5.75. The van der Waals surface area contributed by atoms with Gasteiger partial charge in [-0.05, 0) is 31.6 Å². The minimum atomic E-state index is -0.0491. The van der Waals surface area contributed by atoms with Gasteiger partial charge in [0.2, 0.25) is 5.89 Å². The molecule has 1 aliphatic heterocycles. The van der Waals surface area contributed by atoms with Crippen molar-refractivity contribution in [3.8, 4) is 0 Å². The summed E-state index contributed by atoms with van der Waals surface area (Å²) in [4.78, 5) is 18.8. The molecule has 122 valence electrons. The monoisotopic (exact) mass is 316 g/mol. The third-order valence-corrected chi connectivity index (χ3v) is 4.52. The van der Waals surface area contributed by atoms with E-state index < -0.39 is 0 Å². The van der Waals surface area contributed by atoms with Crippen LogP contribution in [-0.4, -0.2) is 49.0 Å². The lowest BCUT2D eigenvalue weighted by molar-refractivity contribution is 0.0662. The summed E-state index contributed by atoms with van der Waals surface area (Å²) < 4.78 is 6.91. The fraction of sp³-hybridized carbons (Fsp3) is 0.667. The summed E-state index contributed by atoms with van der Waals surface area (Å²) in [5.74, 6) is 2.37. The van der Waals surface area contributed by atoms with Crippen LogP contribution >= 0.6 is 0 Å². The SMILES string of the molecule is Cn1cc(C(=O)N2CCCC(Cc3nc(C4CC4)no3)C2)nn1. The largest absolute Gasteiger partial charge is 0.339 e. The molecule has 0 bridgehead atoms. The molecule has 1 unspecified atom stereocenters. The van der Waals surface area contributed by atoms with Gasteiger partial charge < -0.3 is 9.42 Å². The summed E-state index contributed by atoms with van der Waals surface area (Å²) in [7, 11) is 1.76. The van der Waals surface area contributed by atoms with E-state index >= 15 is 0 Å². The molecule has 8 heteroatoms. The molecular formula is C15H20N6O2. The van der Waals surface area contributed by atoms with E-state index in [1.807, 2.05) is 4.90 Å². The average molecular weight is 316 g/mol. The summed E-state index contributed by atoms with van der Waals surface area (Å²) in [5, 5.41) is 11.8. The molecule has 1 aliphatic carbocycles. The number of amides is 1. The molecule has 2 aliphatic rings. The number of hydrogen-bond donors (Lipinski definition) is 0. The fourth-order valence-electron chi connectivity index (χ4n) is 3.13. The van der Waals surface area contributed by atoms with Crippen molar-refractivity contribution >= 4 is 5.91 Å². The summed E-state index contributed by atoms with van der Waals surface area (Å²) >= 11 is 0. The summed E-state index contributed by atoms with van der Waals surface area (Å²) in [6, 6.07) is 0. The predicted molar refractivity (Wildman–Crippen MR) is 79.6 cm³/mol. The highest BCUT2D eigenvalue weighted by Gasteiger charge is 2.30. The first-order chi connectivity index (χ1) is 11.2. The quantitative estimate of drug-likeness (QED) is 0.841. The van der Waals surface area contributed by atoms with Crippen LogP contribution in [0.1, 0.15) is 53.8 Å². The van der Waals surface area contributed by atoms with E-state index in [1.54, 1.807) is 17.9 Å². The topological polar surface area (TPSA) is 89.9 Å². The summed E-state index contributed by atoms with van der Waals surface area (Å²) in [6.45, 7) is 1.47. The third kappa shape index (κ3) is 3.11. The van der Waals surface area contributed by atoms with E-state index in [4.69, 9.17) is 4.52 Å². The van der Waals surface area contributed by atoms with Crippen molar-refractivity contribution in [3.63, 3.8) is 0 Å². The Morgan fingerprint density at radius 3 is 3.00 bits per heavy atom. The number of aryl methyl sites for hydroxylation is 1. The van der Waals surface area contributed by atoms with Crippen molar-refractivity contribution in [2.24, 2.45) is 13.0 Å². The molecule has 1 saturated carbocycles. The number of rotatable bonds is 4. The van der Waals surface area contributed by atoms with Crippen LogP contribution in [0.2, 0.25) is 0 Å². The Balaban J connectivity index is 1.39. The first kappa shape index (κ1) is 14.3. The zero-order valence-electron chi connectivity index (χ0n) is 13.2. The molecular weight excluding hydrogens is 296 g/mol. The number of aromatic nitrogens is 5. The van der Waals surface area contributed by atoms with Crippen LogP contribution in [0.25, 0.3) is 0 Å². The molecule has 0 radical (unpaired) electrons. The Bertz CT molecular complexity index is 704. The van der Waals surface area contributed by atoms with E-state index in [-0.39, 0.29) is 5.91 Å². The van der Waals surface area contributed by atoms with Crippen LogP contribution in [0.15, 0.2) is 10.7 Å². The Morgan fingerprint density at radius 1 is 1.39 bits per heavy atom. The molecule has 1 amide bonds. The molecule has 2 aromatic heterocycles. The predicted octanol–water partition coefficient (Wildman–Crippen LogP) is 1.17. The molecule has 8 nitrogen and oxygen atoms in total. The first-order valence-corrected chi connectivity index (χ1v) is 8.17. The summed E-state index contributed by atoms with van der Waals surface area (Å²) in [5.41, 5.74) is 0.405. The van der Waals surface area contributed by atoms with Gasteiger partial charge in [-0.2, -0.15) is 4.98 Å². The van der Waals surface area contributed by atoms with Gasteiger partial charge in [0.05, 0.1) is 6.20 Å². The lowest BCUT2D eigenvalue weighted by atomic mass is 9.94. The normalized spacial score (nSPS) is 21.6. The van der Waals surface area contributed by atoms with E-state index in [9.17, 15) is 4.79 Å². The zero-order chi connectivity index (χ0) is 15.8. The number of piperidine rings is 1. The molecule has 3 heterocycles. The van der Waals surface area contributed by atoms with Crippen LogP contribution in [-0.2, 0) is 13.5 Å². The average Bonchev–Trinajstić information content (AvgIpc) is 3.16. The fourth-order valence-corrected chi connectivity index (χ4v) is 3.13. The van der Waals surface area contributed by atoms with Gasteiger partial charge in [-0.1, -0.05) is 10.4 Å². The Hall–Kier alpha value is -2.25. The van der Waals surface area contributed by atoms with Crippen LogP contribution < -0.4 is 0 Å². The standard InChI is InChI=1S/C15H20N6O2/c1-20-9-12(17-19-20)15(22)21-6-2-3-10(8-21)7-13-16-14(18-23-13)11-4-5-11/h9-11H,2-8H2,1H3. The number of carbonyl (C=O) groups is 1. The number of hydrogen-bond acceptors (Lipinski definition) is 6. The van der Waals surface area contributed by atoms with E-state index in [0.29, 0.717) is 30.0 Å². The maximum atomic E-state index is 12.5. The lowest BCUT2D eigenvalue weighted by Crippen LogP contribution is -2.40. The maximum absolute atomic E-state index is 12.5. The van der Waals surface area contributed by atoms with E-state index in [0.717, 1.165) is 31.6 Å². The van der Waals surface area contributed by atoms with Crippen molar-refractivity contribution < 1.29 is 9.32 Å². The molecule has 0 aromatic carbocycles. The molecule has 1 saturated heterocycles. The first-order valence-electron chi connectivity index (χ1n) is 8.17. The Labute approximate surface area is 133 Å². The second-order valence-electron chi connectivity index (χ2n) is 6.56. The molecule has 1 atom stereocenters. The van der Waals surface area contributed by atoms with Gasteiger partial charge in [-0.25, -0.2) is 0 Å². The number of carbonyl (C=O) groups excluding carboxylic acids is 1. The molecule has 2 fully saturated rings. The van der Waals surface area contributed by atoms with Gasteiger partial charge in [0, 0.05) is 32.5 Å². The van der Waals surface area contributed by atoms with Crippen LogP contribution in [0.4, 0.5) is 0 Å². The van der Waals surface area contributed by atoms with Crippen molar-refractivity contribution in [1.29, 1.82) is 0 Å². The van der Waals surface area contributed by atoms with E-state index in [2.05, 4.69) is 20.5 Å². The number of nitrogens with zero attached hydrogens (tertiary/aromatic N) is 6. The smallest absolute Gasteiger partial charge is 0.276 e. The molecule has 0 spiro atoms. The lowest BCUT2D eigenvalue weighted by Gasteiger charge is -2.31. The van der Waals surface area contributed by atoms with Crippen molar-refractivity contribution in [1.82, 2.24) is 30.0 Å². The van der Waals surface area contributed by atoms with Gasteiger partial charge in [-0.15, -0.1) is 5.10 Å². The van der Waals surface area contributed by atoms with Crippen molar-refractivity contribution in [3.05, 3.63) is 23.6 Å². The van der Waals surface area contributed by atoms with Gasteiger partial charge >= 0.3 is 0 Å². The maximum Gasteiger partial charge on any atom is 0.276 e. The minimum absolute atomic E-state index is 0.0491. The number of likely N-dealkylation sites (tertiary alicyclic amines) is 1. The zero-order valence-corrected chi connectivity index (χ0v) is 13.2. The van der Waals surface area contributed by atoms with Crippen LogP contribution in [0.3, 0.4) is 0 Å². The molecule has 4 rings (SSSR count). The minimum Gasteiger partial charge on any atom is -0.339 e. The highest BCUT2D eigenvalue weighted by atomic mass is 16.5. The van der Waals surface area contributed by atoms with Crippen molar-refractivity contribution in [2.45, 2.75) is 38.0 Å². The Kier molecular flexibility index (Phi) is 3.59. The van der Waals surface area contributed by atoms with Gasteiger partial charge in [0.1, 0.15) is 0 Å². The molecule has 23 heavy (non-hydrogen) atoms.